The molecule has 90 valence electrons. The van der Waals surface area contributed by atoms with E-state index in [1.54, 1.807) is 18.3 Å². The fourth-order valence-corrected chi connectivity index (χ4v) is 1.74. The number of pyridine rings is 2. The van der Waals surface area contributed by atoms with Crippen molar-refractivity contribution in [3.05, 3.63) is 60.4 Å². The Balaban J connectivity index is 1.90. The summed E-state index contributed by atoms with van der Waals surface area (Å²) in [6, 6.07) is 14.9. The molecule has 2 heterocycles. The summed E-state index contributed by atoms with van der Waals surface area (Å²) in [6.45, 7) is 0. The van der Waals surface area contributed by atoms with E-state index in [9.17, 15) is 0 Å². The minimum atomic E-state index is 0.460. The second-order valence-corrected chi connectivity index (χ2v) is 3.96. The van der Waals surface area contributed by atoms with Crippen molar-refractivity contribution in [1.29, 1.82) is 5.26 Å². The normalized spacial score (nSPS) is 10.1. The highest BCUT2D eigenvalue weighted by Crippen LogP contribution is 2.23. The minimum Gasteiger partial charge on any atom is -0.439 e. The third-order valence-corrected chi connectivity index (χ3v) is 2.66. The number of benzene rings is 1. The molecule has 0 bridgehead atoms. The van der Waals surface area contributed by atoms with Crippen molar-refractivity contribution in [3.8, 4) is 17.7 Å². The van der Waals surface area contributed by atoms with Crippen molar-refractivity contribution in [2.75, 3.05) is 0 Å². The van der Waals surface area contributed by atoms with Gasteiger partial charge in [-0.2, -0.15) is 5.26 Å². The standard InChI is InChI=1S/C15H9N3O/c16-9-11-3-6-15(18-10-11)19-13-4-5-14-12(8-13)2-1-7-17-14/h1-8,10H. The molecular weight excluding hydrogens is 238 g/mol. The summed E-state index contributed by atoms with van der Waals surface area (Å²) in [4.78, 5) is 8.31. The van der Waals surface area contributed by atoms with Crippen LogP contribution in [-0.2, 0) is 0 Å². The highest BCUT2D eigenvalue weighted by atomic mass is 16.5. The van der Waals surface area contributed by atoms with Gasteiger partial charge in [0.2, 0.25) is 5.88 Å². The zero-order chi connectivity index (χ0) is 13.1. The Kier molecular flexibility index (Phi) is 2.79. The lowest BCUT2D eigenvalue weighted by Crippen LogP contribution is -1.88. The van der Waals surface area contributed by atoms with Crippen molar-refractivity contribution in [2.24, 2.45) is 0 Å². The Morgan fingerprint density at radius 2 is 2.00 bits per heavy atom. The summed E-state index contributed by atoms with van der Waals surface area (Å²) in [5.74, 6) is 1.15. The Hall–Kier alpha value is -2.93. The molecule has 19 heavy (non-hydrogen) atoms. The molecule has 0 spiro atoms. The van der Waals surface area contributed by atoms with E-state index in [4.69, 9.17) is 10.00 Å². The van der Waals surface area contributed by atoms with Crippen molar-refractivity contribution in [1.82, 2.24) is 9.97 Å². The molecule has 0 saturated heterocycles. The van der Waals surface area contributed by atoms with Crippen molar-refractivity contribution in [3.63, 3.8) is 0 Å². The number of hydrogen-bond donors (Lipinski definition) is 0. The van der Waals surface area contributed by atoms with Crippen molar-refractivity contribution >= 4 is 10.9 Å². The number of aromatic nitrogens is 2. The molecule has 0 unspecified atom stereocenters. The van der Waals surface area contributed by atoms with Crippen LogP contribution in [0.2, 0.25) is 0 Å². The third kappa shape index (κ3) is 2.35. The summed E-state index contributed by atoms with van der Waals surface area (Å²) < 4.78 is 5.64. The lowest BCUT2D eigenvalue weighted by Gasteiger charge is -2.05. The minimum absolute atomic E-state index is 0.460. The average Bonchev–Trinajstić information content (AvgIpc) is 2.48. The molecule has 3 aromatic rings. The van der Waals surface area contributed by atoms with Crippen LogP contribution in [0.4, 0.5) is 0 Å². The average molecular weight is 247 g/mol. The quantitative estimate of drug-likeness (QED) is 0.697. The largest absolute Gasteiger partial charge is 0.439 e. The first-order chi connectivity index (χ1) is 9.35. The predicted molar refractivity (Wildman–Crippen MR) is 70.8 cm³/mol. The van der Waals surface area contributed by atoms with Gasteiger partial charge in [0.15, 0.2) is 0 Å². The first-order valence-electron chi connectivity index (χ1n) is 5.74. The number of hydrogen-bond acceptors (Lipinski definition) is 4. The van der Waals surface area contributed by atoms with Crippen molar-refractivity contribution in [2.45, 2.75) is 0 Å². The van der Waals surface area contributed by atoms with Gasteiger partial charge in [0.1, 0.15) is 11.8 Å². The van der Waals surface area contributed by atoms with Gasteiger partial charge in [0.25, 0.3) is 0 Å². The summed E-state index contributed by atoms with van der Waals surface area (Å²) in [6.07, 6.45) is 3.24. The molecule has 0 aliphatic carbocycles. The third-order valence-electron chi connectivity index (χ3n) is 2.66. The molecule has 2 aromatic heterocycles. The van der Waals surface area contributed by atoms with E-state index in [2.05, 4.69) is 9.97 Å². The molecule has 4 heteroatoms. The first kappa shape index (κ1) is 11.2. The van der Waals surface area contributed by atoms with Crippen molar-refractivity contribution < 1.29 is 4.74 Å². The SMILES string of the molecule is N#Cc1ccc(Oc2ccc3ncccc3c2)nc1. The first-order valence-corrected chi connectivity index (χ1v) is 5.74. The summed E-state index contributed by atoms with van der Waals surface area (Å²) >= 11 is 0. The molecule has 0 amide bonds. The van der Waals surface area contributed by atoms with Gasteiger partial charge >= 0.3 is 0 Å². The summed E-state index contributed by atoms with van der Waals surface area (Å²) in [7, 11) is 0. The predicted octanol–water partition coefficient (Wildman–Crippen LogP) is 3.29. The maximum absolute atomic E-state index is 8.70. The fourth-order valence-electron chi connectivity index (χ4n) is 1.74. The van der Waals surface area contributed by atoms with Crippen LogP contribution in [0.25, 0.3) is 10.9 Å². The van der Waals surface area contributed by atoms with Gasteiger partial charge in [-0.25, -0.2) is 4.98 Å². The van der Waals surface area contributed by atoms with E-state index < -0.39 is 0 Å². The Bertz CT molecular complexity index is 760. The molecule has 1 aromatic carbocycles. The molecule has 3 rings (SSSR count). The van der Waals surface area contributed by atoms with E-state index >= 15 is 0 Å². The van der Waals surface area contributed by atoms with Gasteiger partial charge in [-0.1, -0.05) is 6.07 Å². The van der Waals surface area contributed by atoms with Crippen LogP contribution in [0, 0.1) is 11.3 Å². The number of ether oxygens (including phenoxy) is 1. The number of fused-ring (bicyclic) bond motifs is 1. The van der Waals surface area contributed by atoms with Crippen LogP contribution < -0.4 is 4.74 Å². The molecule has 0 atom stereocenters. The van der Waals surface area contributed by atoms with Crippen LogP contribution in [0.5, 0.6) is 11.6 Å². The van der Waals surface area contributed by atoms with Gasteiger partial charge in [0, 0.05) is 23.8 Å². The van der Waals surface area contributed by atoms with E-state index in [-0.39, 0.29) is 0 Å². The fraction of sp³-hybridized carbons (Fsp3) is 0. The maximum atomic E-state index is 8.70. The molecule has 0 N–H and O–H groups in total. The number of nitriles is 1. The van der Waals surface area contributed by atoms with E-state index in [1.165, 1.54) is 6.20 Å². The highest BCUT2D eigenvalue weighted by molar-refractivity contribution is 5.79. The lowest BCUT2D eigenvalue weighted by molar-refractivity contribution is 0.463. The van der Waals surface area contributed by atoms with Gasteiger partial charge in [0.05, 0.1) is 11.1 Å². The van der Waals surface area contributed by atoms with Crippen LogP contribution in [0.3, 0.4) is 0 Å². The second-order valence-electron chi connectivity index (χ2n) is 3.96. The Morgan fingerprint density at radius 3 is 2.79 bits per heavy atom. The number of nitrogens with zero attached hydrogens (tertiary/aromatic N) is 3. The zero-order valence-corrected chi connectivity index (χ0v) is 9.95. The molecule has 4 nitrogen and oxygen atoms in total. The van der Waals surface area contributed by atoms with Crippen LogP contribution in [-0.4, -0.2) is 9.97 Å². The Labute approximate surface area is 109 Å². The van der Waals surface area contributed by atoms with E-state index in [1.807, 2.05) is 36.4 Å². The molecule has 0 fully saturated rings. The van der Waals surface area contributed by atoms with E-state index in [0.29, 0.717) is 17.2 Å². The molecule has 0 aliphatic heterocycles. The Morgan fingerprint density at radius 1 is 1.05 bits per heavy atom. The van der Waals surface area contributed by atoms with Gasteiger partial charge in [-0.15, -0.1) is 0 Å². The molecule has 0 radical (unpaired) electrons. The lowest BCUT2D eigenvalue weighted by atomic mass is 10.2. The summed E-state index contributed by atoms with van der Waals surface area (Å²) in [5.41, 5.74) is 1.43. The molecule has 0 aliphatic rings. The monoisotopic (exact) mass is 247 g/mol. The summed E-state index contributed by atoms with van der Waals surface area (Å²) in [5, 5.41) is 9.71. The van der Waals surface area contributed by atoms with Gasteiger partial charge < -0.3 is 4.74 Å². The maximum Gasteiger partial charge on any atom is 0.219 e. The number of rotatable bonds is 2. The van der Waals surface area contributed by atoms with Crippen LogP contribution in [0.1, 0.15) is 5.56 Å². The molecular formula is C15H9N3O. The molecule has 0 saturated carbocycles. The van der Waals surface area contributed by atoms with E-state index in [0.717, 1.165) is 10.9 Å². The van der Waals surface area contributed by atoms with Crippen LogP contribution >= 0.6 is 0 Å². The topological polar surface area (TPSA) is 58.8 Å². The van der Waals surface area contributed by atoms with Crippen LogP contribution in [0.15, 0.2) is 54.9 Å². The smallest absolute Gasteiger partial charge is 0.219 e. The zero-order valence-electron chi connectivity index (χ0n) is 9.95. The van der Waals surface area contributed by atoms with Gasteiger partial charge in [-0.3, -0.25) is 4.98 Å². The highest BCUT2D eigenvalue weighted by Gasteiger charge is 2.01. The second kappa shape index (κ2) is 4.75. The van der Waals surface area contributed by atoms with Gasteiger partial charge in [-0.05, 0) is 30.3 Å².